The summed E-state index contributed by atoms with van der Waals surface area (Å²) in [6, 6.07) is 9.20. The first-order valence-corrected chi connectivity index (χ1v) is 7.56. The van der Waals surface area contributed by atoms with Crippen LogP contribution in [0.4, 0.5) is 0 Å². The smallest absolute Gasteiger partial charge is 0.0176 e. The number of hydrogen-bond donors (Lipinski definition) is 1. The minimum Gasteiger partial charge on any atom is -0.317 e. The van der Waals surface area contributed by atoms with Gasteiger partial charge in [-0.2, -0.15) is 0 Å². The van der Waals surface area contributed by atoms with Crippen LogP contribution in [0.3, 0.4) is 0 Å². The van der Waals surface area contributed by atoms with Crippen LogP contribution in [0.5, 0.6) is 0 Å². The summed E-state index contributed by atoms with van der Waals surface area (Å²) in [5.74, 6) is 1.22. The van der Waals surface area contributed by atoms with Gasteiger partial charge in [0, 0.05) is 15.4 Å². The second-order valence-electron chi connectivity index (χ2n) is 3.99. The molecule has 0 saturated heterocycles. The van der Waals surface area contributed by atoms with Crippen molar-refractivity contribution in [2.75, 3.05) is 12.8 Å². The minimum atomic E-state index is 0.651. The van der Waals surface area contributed by atoms with Gasteiger partial charge in [-0.25, -0.2) is 0 Å². The van der Waals surface area contributed by atoms with Crippen LogP contribution in [-0.4, -0.2) is 18.8 Å². The van der Waals surface area contributed by atoms with E-state index >= 15 is 0 Å². The molecule has 1 unspecified atom stereocenters. The van der Waals surface area contributed by atoms with Crippen molar-refractivity contribution in [2.45, 2.75) is 37.1 Å². The van der Waals surface area contributed by atoms with E-state index in [1.165, 1.54) is 29.9 Å². The van der Waals surface area contributed by atoms with E-state index in [9.17, 15) is 0 Å². The van der Waals surface area contributed by atoms with Gasteiger partial charge in [0.1, 0.15) is 0 Å². The molecule has 0 aliphatic heterocycles. The minimum absolute atomic E-state index is 0.651. The SMILES string of the molecule is CNC(C)CCCCSc1ccc(Br)cc1. The highest BCUT2D eigenvalue weighted by Gasteiger charge is 1.98. The van der Waals surface area contributed by atoms with E-state index in [1.54, 1.807) is 0 Å². The van der Waals surface area contributed by atoms with Gasteiger partial charge >= 0.3 is 0 Å². The lowest BCUT2D eigenvalue weighted by atomic mass is 10.1. The summed E-state index contributed by atoms with van der Waals surface area (Å²) in [6.45, 7) is 2.24. The third-order valence-electron chi connectivity index (χ3n) is 2.61. The molecule has 0 aromatic heterocycles. The highest BCUT2D eigenvalue weighted by molar-refractivity contribution is 9.10. The largest absolute Gasteiger partial charge is 0.317 e. The predicted octanol–water partition coefficient (Wildman–Crippen LogP) is 4.32. The Kier molecular flexibility index (Phi) is 7.17. The average Bonchev–Trinajstić information content (AvgIpc) is 2.31. The fourth-order valence-electron chi connectivity index (χ4n) is 1.42. The first-order valence-electron chi connectivity index (χ1n) is 5.78. The molecule has 0 aliphatic rings. The zero-order valence-corrected chi connectivity index (χ0v) is 12.4. The molecule has 3 heteroatoms. The van der Waals surface area contributed by atoms with Gasteiger partial charge in [-0.1, -0.05) is 22.4 Å². The van der Waals surface area contributed by atoms with Crippen LogP contribution in [0.1, 0.15) is 26.2 Å². The zero-order valence-electron chi connectivity index (χ0n) is 10.0. The molecule has 1 atom stereocenters. The quantitative estimate of drug-likeness (QED) is 0.594. The van der Waals surface area contributed by atoms with Crippen molar-refractivity contribution in [3.63, 3.8) is 0 Å². The van der Waals surface area contributed by atoms with Gasteiger partial charge in [0.05, 0.1) is 0 Å². The van der Waals surface area contributed by atoms with Crippen LogP contribution >= 0.6 is 27.7 Å². The number of halogens is 1. The Labute approximate surface area is 112 Å². The Morgan fingerprint density at radius 2 is 1.94 bits per heavy atom. The second-order valence-corrected chi connectivity index (χ2v) is 6.07. The van der Waals surface area contributed by atoms with Gasteiger partial charge in [-0.15, -0.1) is 11.8 Å². The van der Waals surface area contributed by atoms with Gasteiger partial charge in [0.25, 0.3) is 0 Å². The van der Waals surface area contributed by atoms with Crippen molar-refractivity contribution in [3.8, 4) is 0 Å². The summed E-state index contributed by atoms with van der Waals surface area (Å²) in [6.07, 6.45) is 3.88. The Morgan fingerprint density at radius 3 is 2.56 bits per heavy atom. The molecule has 1 N–H and O–H groups in total. The van der Waals surface area contributed by atoms with E-state index in [2.05, 4.69) is 52.4 Å². The third kappa shape index (κ3) is 5.92. The van der Waals surface area contributed by atoms with E-state index < -0.39 is 0 Å². The van der Waals surface area contributed by atoms with Crippen molar-refractivity contribution >= 4 is 27.7 Å². The monoisotopic (exact) mass is 301 g/mol. The van der Waals surface area contributed by atoms with Gasteiger partial charge in [0.15, 0.2) is 0 Å². The average molecular weight is 302 g/mol. The van der Waals surface area contributed by atoms with E-state index in [0.717, 1.165) is 4.47 Å². The second kappa shape index (κ2) is 8.15. The van der Waals surface area contributed by atoms with Crippen molar-refractivity contribution in [2.24, 2.45) is 0 Å². The molecular weight excluding hydrogens is 282 g/mol. The van der Waals surface area contributed by atoms with Gasteiger partial charge < -0.3 is 5.32 Å². The van der Waals surface area contributed by atoms with Crippen LogP contribution < -0.4 is 5.32 Å². The lowest BCUT2D eigenvalue weighted by Gasteiger charge is -2.08. The summed E-state index contributed by atoms with van der Waals surface area (Å²) in [7, 11) is 2.03. The highest BCUT2D eigenvalue weighted by Crippen LogP contribution is 2.21. The van der Waals surface area contributed by atoms with Gasteiger partial charge in [-0.3, -0.25) is 0 Å². The summed E-state index contributed by atoms with van der Waals surface area (Å²) < 4.78 is 1.15. The number of thioether (sulfide) groups is 1. The number of hydrogen-bond acceptors (Lipinski definition) is 2. The maximum absolute atomic E-state index is 3.45. The maximum atomic E-state index is 3.45. The van der Waals surface area contributed by atoms with Crippen molar-refractivity contribution in [1.29, 1.82) is 0 Å². The van der Waals surface area contributed by atoms with Crippen molar-refractivity contribution < 1.29 is 0 Å². The van der Waals surface area contributed by atoms with Crippen LogP contribution in [0.15, 0.2) is 33.6 Å². The topological polar surface area (TPSA) is 12.0 Å². The Bertz CT molecular complexity index is 286. The predicted molar refractivity (Wildman–Crippen MR) is 77.2 cm³/mol. The zero-order chi connectivity index (χ0) is 11.8. The van der Waals surface area contributed by atoms with Gasteiger partial charge in [0.2, 0.25) is 0 Å². The van der Waals surface area contributed by atoms with Crippen molar-refractivity contribution in [3.05, 3.63) is 28.7 Å². The molecule has 0 spiro atoms. The molecule has 0 fully saturated rings. The summed E-state index contributed by atoms with van der Waals surface area (Å²) >= 11 is 5.39. The Hall–Kier alpha value is 0.01000. The van der Waals surface area contributed by atoms with Crippen LogP contribution in [0, 0.1) is 0 Å². The fraction of sp³-hybridized carbons (Fsp3) is 0.538. The Morgan fingerprint density at radius 1 is 1.25 bits per heavy atom. The molecule has 1 rings (SSSR count). The maximum Gasteiger partial charge on any atom is 0.0176 e. The van der Waals surface area contributed by atoms with Crippen LogP contribution in [-0.2, 0) is 0 Å². The lowest BCUT2D eigenvalue weighted by Crippen LogP contribution is -2.20. The molecule has 0 amide bonds. The van der Waals surface area contributed by atoms with Crippen LogP contribution in [0.25, 0.3) is 0 Å². The van der Waals surface area contributed by atoms with Crippen molar-refractivity contribution in [1.82, 2.24) is 5.32 Å². The van der Waals surface area contributed by atoms with E-state index in [4.69, 9.17) is 0 Å². The molecule has 0 bridgehead atoms. The lowest BCUT2D eigenvalue weighted by molar-refractivity contribution is 0.539. The first kappa shape index (κ1) is 14.1. The number of rotatable bonds is 7. The van der Waals surface area contributed by atoms with Crippen LogP contribution in [0.2, 0.25) is 0 Å². The molecule has 16 heavy (non-hydrogen) atoms. The molecule has 1 nitrogen and oxygen atoms in total. The molecule has 90 valence electrons. The highest BCUT2D eigenvalue weighted by atomic mass is 79.9. The molecule has 0 radical (unpaired) electrons. The molecule has 0 saturated carbocycles. The first-order chi connectivity index (χ1) is 7.72. The molecule has 1 aromatic carbocycles. The molecule has 0 aliphatic carbocycles. The number of nitrogens with one attached hydrogen (secondary N) is 1. The Balaban J connectivity index is 2.09. The normalized spacial score (nSPS) is 12.7. The summed E-state index contributed by atoms with van der Waals surface area (Å²) in [5.41, 5.74) is 0. The molecular formula is C13H20BrNS. The summed E-state index contributed by atoms with van der Waals surface area (Å²) in [4.78, 5) is 1.37. The van der Waals surface area contributed by atoms with Gasteiger partial charge in [-0.05, 0) is 56.8 Å². The molecule has 0 heterocycles. The number of unbranched alkanes of at least 4 members (excludes halogenated alkanes) is 1. The summed E-state index contributed by atoms with van der Waals surface area (Å²) in [5, 5.41) is 3.27. The van der Waals surface area contributed by atoms with E-state index in [1.807, 2.05) is 18.8 Å². The fourth-order valence-corrected chi connectivity index (χ4v) is 2.59. The van der Waals surface area contributed by atoms with E-state index in [-0.39, 0.29) is 0 Å². The number of benzene rings is 1. The standard InChI is InChI=1S/C13H20BrNS/c1-11(15-2)5-3-4-10-16-13-8-6-12(14)7-9-13/h6-9,11,15H,3-5,10H2,1-2H3. The molecule has 1 aromatic rings. The third-order valence-corrected chi connectivity index (χ3v) is 4.23. The van der Waals surface area contributed by atoms with E-state index in [0.29, 0.717) is 6.04 Å².